The third-order valence-electron chi connectivity index (χ3n) is 1.48. The Morgan fingerprint density at radius 1 is 1.42 bits per heavy atom. The first-order valence-electron chi connectivity index (χ1n) is 3.77. The van der Waals surface area contributed by atoms with E-state index >= 15 is 0 Å². The quantitative estimate of drug-likeness (QED) is 0.737. The number of hydrogen-bond donors (Lipinski definition) is 1. The molecule has 0 unspecified atom stereocenters. The van der Waals surface area contributed by atoms with Gasteiger partial charge in [-0.15, -0.1) is 0 Å². The minimum Gasteiger partial charge on any atom is -0.379 e. The Labute approximate surface area is 70.4 Å². The maximum atomic E-state index is 11.8. The molecule has 1 aromatic carbocycles. The van der Waals surface area contributed by atoms with Crippen LogP contribution in [-0.2, 0) is 0 Å². The lowest BCUT2D eigenvalue weighted by atomic mass is 10.2. The second-order valence-electron chi connectivity index (χ2n) is 2.64. The van der Waals surface area contributed by atoms with E-state index in [0.29, 0.717) is 0 Å². The van der Waals surface area contributed by atoms with Crippen molar-refractivity contribution in [3.63, 3.8) is 0 Å². The summed E-state index contributed by atoms with van der Waals surface area (Å²) in [5, 5.41) is 2.63. The summed E-state index contributed by atoms with van der Waals surface area (Å²) in [4.78, 5) is 0. The maximum Gasteiger partial charge on any atom is 0.255 e. The molecule has 0 atom stereocenters. The van der Waals surface area contributed by atoms with Crippen LogP contribution in [0.4, 0.5) is 14.5 Å². The molecule has 0 aliphatic rings. The van der Waals surface area contributed by atoms with Crippen molar-refractivity contribution in [3.05, 3.63) is 29.8 Å². The Bertz CT molecular complexity index is 248. The van der Waals surface area contributed by atoms with E-state index in [-0.39, 0.29) is 6.54 Å². The van der Waals surface area contributed by atoms with E-state index < -0.39 is 6.43 Å². The third-order valence-corrected chi connectivity index (χ3v) is 1.48. The summed E-state index contributed by atoms with van der Waals surface area (Å²) in [7, 11) is 0. The van der Waals surface area contributed by atoms with Crippen LogP contribution in [0.25, 0.3) is 0 Å². The molecule has 0 saturated heterocycles. The lowest BCUT2D eigenvalue weighted by molar-refractivity contribution is 0.163. The van der Waals surface area contributed by atoms with Crippen LogP contribution in [0.2, 0.25) is 0 Å². The fourth-order valence-electron chi connectivity index (χ4n) is 0.950. The van der Waals surface area contributed by atoms with Crippen molar-refractivity contribution in [2.75, 3.05) is 11.9 Å². The van der Waals surface area contributed by atoms with Crippen LogP contribution < -0.4 is 5.32 Å². The Balaban J connectivity index is 2.52. The molecule has 0 saturated carbocycles. The summed E-state index contributed by atoms with van der Waals surface area (Å²) in [6.07, 6.45) is -2.30. The van der Waals surface area contributed by atoms with Crippen LogP contribution in [0.1, 0.15) is 5.56 Å². The minimum absolute atomic E-state index is 0.288. The van der Waals surface area contributed by atoms with Gasteiger partial charge in [-0.05, 0) is 24.6 Å². The number of benzene rings is 1. The van der Waals surface area contributed by atoms with Gasteiger partial charge in [0.1, 0.15) is 0 Å². The standard InChI is InChI=1S/C9H11F2N/c1-7-3-2-4-8(5-7)12-6-9(10)11/h2-5,9,12H,6H2,1H3. The largest absolute Gasteiger partial charge is 0.379 e. The molecule has 3 heteroatoms. The van der Waals surface area contributed by atoms with Crippen LogP contribution in [0, 0.1) is 6.92 Å². The molecule has 0 amide bonds. The molecule has 1 rings (SSSR count). The predicted octanol–water partition coefficient (Wildman–Crippen LogP) is 2.67. The number of rotatable bonds is 3. The molecule has 1 nitrogen and oxygen atoms in total. The van der Waals surface area contributed by atoms with Gasteiger partial charge in [0.15, 0.2) is 0 Å². The number of nitrogens with one attached hydrogen (secondary N) is 1. The Morgan fingerprint density at radius 2 is 2.17 bits per heavy atom. The Hall–Kier alpha value is -1.12. The van der Waals surface area contributed by atoms with Crippen LogP contribution in [-0.4, -0.2) is 13.0 Å². The zero-order valence-corrected chi connectivity index (χ0v) is 6.85. The van der Waals surface area contributed by atoms with Crippen molar-refractivity contribution in [2.45, 2.75) is 13.3 Å². The van der Waals surface area contributed by atoms with Gasteiger partial charge in [-0.25, -0.2) is 8.78 Å². The first-order chi connectivity index (χ1) is 5.68. The van der Waals surface area contributed by atoms with Crippen molar-refractivity contribution >= 4 is 5.69 Å². The monoisotopic (exact) mass is 171 g/mol. The van der Waals surface area contributed by atoms with E-state index in [0.717, 1.165) is 11.3 Å². The maximum absolute atomic E-state index is 11.8. The highest BCUT2D eigenvalue weighted by Gasteiger charge is 2.00. The number of hydrogen-bond acceptors (Lipinski definition) is 1. The third kappa shape index (κ3) is 2.86. The minimum atomic E-state index is -2.30. The summed E-state index contributed by atoms with van der Waals surface area (Å²) in [6, 6.07) is 7.37. The fourth-order valence-corrected chi connectivity index (χ4v) is 0.950. The van der Waals surface area contributed by atoms with Gasteiger partial charge in [0.25, 0.3) is 6.43 Å². The first-order valence-corrected chi connectivity index (χ1v) is 3.77. The second kappa shape index (κ2) is 4.04. The fraction of sp³-hybridized carbons (Fsp3) is 0.333. The smallest absolute Gasteiger partial charge is 0.255 e. The molecule has 0 fully saturated rings. The molecule has 0 heterocycles. The van der Waals surface area contributed by atoms with Gasteiger partial charge in [0, 0.05) is 5.69 Å². The second-order valence-corrected chi connectivity index (χ2v) is 2.64. The van der Waals surface area contributed by atoms with Crippen LogP contribution in [0.5, 0.6) is 0 Å². The average molecular weight is 171 g/mol. The van der Waals surface area contributed by atoms with Crippen LogP contribution >= 0.6 is 0 Å². The van der Waals surface area contributed by atoms with Gasteiger partial charge in [-0.1, -0.05) is 12.1 Å². The van der Waals surface area contributed by atoms with E-state index in [9.17, 15) is 8.78 Å². The molecule has 0 radical (unpaired) electrons. The molecular weight excluding hydrogens is 160 g/mol. The van der Waals surface area contributed by atoms with Gasteiger partial charge in [0.05, 0.1) is 6.54 Å². The topological polar surface area (TPSA) is 12.0 Å². The summed E-state index contributed by atoms with van der Waals surface area (Å²) in [6.45, 7) is 1.64. The summed E-state index contributed by atoms with van der Waals surface area (Å²) >= 11 is 0. The van der Waals surface area contributed by atoms with Crippen molar-refractivity contribution < 1.29 is 8.78 Å². The highest BCUT2D eigenvalue weighted by Crippen LogP contribution is 2.09. The van der Waals surface area contributed by atoms with Crippen molar-refractivity contribution in [2.24, 2.45) is 0 Å². The SMILES string of the molecule is Cc1cccc(NCC(F)F)c1. The van der Waals surface area contributed by atoms with Crippen molar-refractivity contribution in [1.29, 1.82) is 0 Å². The van der Waals surface area contributed by atoms with Crippen LogP contribution in [0.15, 0.2) is 24.3 Å². The molecule has 1 N–H and O–H groups in total. The van der Waals surface area contributed by atoms with Crippen molar-refractivity contribution in [3.8, 4) is 0 Å². The van der Waals surface area contributed by atoms with Gasteiger partial charge in [-0.3, -0.25) is 0 Å². The zero-order chi connectivity index (χ0) is 8.97. The average Bonchev–Trinajstić information content (AvgIpc) is 2.01. The van der Waals surface area contributed by atoms with E-state index in [1.807, 2.05) is 25.1 Å². The Kier molecular flexibility index (Phi) is 3.02. The molecule has 0 spiro atoms. The van der Waals surface area contributed by atoms with Gasteiger partial charge < -0.3 is 5.32 Å². The Morgan fingerprint density at radius 3 is 2.75 bits per heavy atom. The predicted molar refractivity (Wildman–Crippen MR) is 45.7 cm³/mol. The summed E-state index contributed by atoms with van der Waals surface area (Å²) in [5.74, 6) is 0. The van der Waals surface area contributed by atoms with Gasteiger partial charge in [-0.2, -0.15) is 0 Å². The normalized spacial score (nSPS) is 10.3. The number of alkyl halides is 2. The summed E-state index contributed by atoms with van der Waals surface area (Å²) < 4.78 is 23.5. The van der Waals surface area contributed by atoms with Gasteiger partial charge >= 0.3 is 0 Å². The van der Waals surface area contributed by atoms with E-state index in [2.05, 4.69) is 5.32 Å². The molecule has 1 aromatic rings. The molecule has 0 aromatic heterocycles. The highest BCUT2D eigenvalue weighted by molar-refractivity contribution is 5.45. The molecule has 0 aliphatic carbocycles. The molecule has 66 valence electrons. The molecule has 0 bridgehead atoms. The highest BCUT2D eigenvalue weighted by atomic mass is 19.3. The summed E-state index contributed by atoms with van der Waals surface area (Å²) in [5.41, 5.74) is 1.81. The lowest BCUT2D eigenvalue weighted by Gasteiger charge is -2.05. The number of anilines is 1. The van der Waals surface area contributed by atoms with E-state index in [1.165, 1.54) is 0 Å². The van der Waals surface area contributed by atoms with Gasteiger partial charge in [0.2, 0.25) is 0 Å². The van der Waals surface area contributed by atoms with E-state index in [4.69, 9.17) is 0 Å². The lowest BCUT2D eigenvalue weighted by Crippen LogP contribution is -2.09. The number of halogens is 2. The zero-order valence-electron chi connectivity index (χ0n) is 6.85. The first kappa shape index (κ1) is 8.97. The molecular formula is C9H11F2N. The molecule has 0 aliphatic heterocycles. The number of aryl methyl sites for hydroxylation is 1. The van der Waals surface area contributed by atoms with Crippen LogP contribution in [0.3, 0.4) is 0 Å². The molecule has 12 heavy (non-hydrogen) atoms. The van der Waals surface area contributed by atoms with E-state index in [1.54, 1.807) is 6.07 Å². The van der Waals surface area contributed by atoms with Crippen molar-refractivity contribution in [1.82, 2.24) is 0 Å².